The van der Waals surface area contributed by atoms with E-state index in [1.165, 1.54) is 6.20 Å². The third-order valence-electron chi connectivity index (χ3n) is 3.25. The van der Waals surface area contributed by atoms with Gasteiger partial charge in [-0.05, 0) is 13.0 Å². The Labute approximate surface area is 126 Å². The first-order valence-electron chi connectivity index (χ1n) is 6.97. The van der Waals surface area contributed by atoms with E-state index in [1.54, 1.807) is 17.8 Å². The Bertz CT molecular complexity index is 806. The van der Waals surface area contributed by atoms with E-state index in [1.807, 2.05) is 28.9 Å². The van der Waals surface area contributed by atoms with Crippen LogP contribution in [0.2, 0.25) is 0 Å². The second kappa shape index (κ2) is 5.98. The van der Waals surface area contributed by atoms with Gasteiger partial charge in [-0.2, -0.15) is 5.10 Å². The molecule has 7 nitrogen and oxygen atoms in total. The number of carbonyl (C=O) groups is 1. The Kier molecular flexibility index (Phi) is 3.88. The highest BCUT2D eigenvalue weighted by Gasteiger charge is 2.11. The van der Waals surface area contributed by atoms with Crippen LogP contribution in [-0.4, -0.2) is 36.8 Å². The minimum atomic E-state index is -0.383. The van der Waals surface area contributed by atoms with Crippen molar-refractivity contribution in [2.45, 2.75) is 20.1 Å². The number of pyridine rings is 1. The van der Waals surface area contributed by atoms with E-state index in [-0.39, 0.29) is 12.6 Å². The van der Waals surface area contributed by atoms with Gasteiger partial charge >= 0.3 is 5.97 Å². The van der Waals surface area contributed by atoms with E-state index >= 15 is 0 Å². The van der Waals surface area contributed by atoms with Gasteiger partial charge in [0.05, 0.1) is 37.2 Å². The second-order valence-electron chi connectivity index (χ2n) is 4.80. The smallest absolute Gasteiger partial charge is 0.341 e. The summed E-state index contributed by atoms with van der Waals surface area (Å²) in [6.45, 7) is 2.47. The first-order chi connectivity index (χ1) is 10.7. The zero-order chi connectivity index (χ0) is 15.5. The Morgan fingerprint density at radius 3 is 3.05 bits per heavy atom. The summed E-state index contributed by atoms with van der Waals surface area (Å²) in [5, 5.41) is 13.5. The predicted octanol–water partition coefficient (Wildman–Crippen LogP) is 1.25. The van der Waals surface area contributed by atoms with Crippen LogP contribution in [0.15, 0.2) is 36.9 Å². The molecule has 0 amide bonds. The summed E-state index contributed by atoms with van der Waals surface area (Å²) in [4.78, 5) is 16.1. The molecule has 0 spiro atoms. The summed E-state index contributed by atoms with van der Waals surface area (Å²) in [5.74, 6) is -0.383. The lowest BCUT2D eigenvalue weighted by Gasteiger charge is -1.98. The van der Waals surface area contributed by atoms with Crippen molar-refractivity contribution < 1.29 is 14.6 Å². The molecule has 0 bridgehead atoms. The topological polar surface area (TPSA) is 81.7 Å². The fraction of sp³-hybridized carbons (Fsp3) is 0.267. The van der Waals surface area contributed by atoms with Crippen molar-refractivity contribution >= 4 is 11.6 Å². The highest BCUT2D eigenvalue weighted by atomic mass is 16.5. The van der Waals surface area contributed by atoms with Gasteiger partial charge in [0, 0.05) is 24.2 Å². The molecule has 0 saturated heterocycles. The molecule has 3 rings (SSSR count). The lowest BCUT2D eigenvalue weighted by atomic mass is 10.3. The van der Waals surface area contributed by atoms with E-state index in [0.717, 1.165) is 16.9 Å². The molecule has 0 unspecified atom stereocenters. The molecule has 7 heteroatoms. The third-order valence-corrected chi connectivity index (χ3v) is 3.25. The number of hydrogen-bond acceptors (Lipinski definition) is 5. The molecule has 3 heterocycles. The number of ether oxygens (including phenoxy) is 1. The zero-order valence-corrected chi connectivity index (χ0v) is 12.1. The fourth-order valence-electron chi connectivity index (χ4n) is 2.26. The normalized spacial score (nSPS) is 11.0. The van der Waals surface area contributed by atoms with Crippen LogP contribution < -0.4 is 0 Å². The van der Waals surface area contributed by atoms with Gasteiger partial charge < -0.3 is 14.2 Å². The van der Waals surface area contributed by atoms with E-state index in [9.17, 15) is 9.90 Å². The summed E-state index contributed by atoms with van der Waals surface area (Å²) in [6.07, 6.45) is 6.86. The third kappa shape index (κ3) is 2.71. The number of fused-ring (bicyclic) bond motifs is 1. The van der Waals surface area contributed by atoms with Gasteiger partial charge in [0.15, 0.2) is 0 Å². The second-order valence-corrected chi connectivity index (χ2v) is 4.80. The zero-order valence-electron chi connectivity index (χ0n) is 12.1. The van der Waals surface area contributed by atoms with Crippen molar-refractivity contribution in [3.8, 4) is 0 Å². The molecule has 22 heavy (non-hydrogen) atoms. The summed E-state index contributed by atoms with van der Waals surface area (Å²) >= 11 is 0. The number of aliphatic hydroxyl groups excluding tert-OH is 1. The van der Waals surface area contributed by atoms with Gasteiger partial charge in [-0.3, -0.25) is 4.68 Å². The van der Waals surface area contributed by atoms with E-state index < -0.39 is 0 Å². The Hall–Kier alpha value is -2.67. The molecule has 0 saturated carbocycles. The lowest BCUT2D eigenvalue weighted by molar-refractivity contribution is 0.0526. The van der Waals surface area contributed by atoms with Crippen molar-refractivity contribution in [3.63, 3.8) is 0 Å². The maximum atomic E-state index is 11.6. The predicted molar refractivity (Wildman–Crippen MR) is 78.4 cm³/mol. The van der Waals surface area contributed by atoms with Crippen molar-refractivity contribution in [2.24, 2.45) is 0 Å². The maximum Gasteiger partial charge on any atom is 0.341 e. The highest BCUT2D eigenvalue weighted by Crippen LogP contribution is 2.12. The van der Waals surface area contributed by atoms with Crippen molar-refractivity contribution in [2.75, 3.05) is 6.61 Å². The highest BCUT2D eigenvalue weighted by molar-refractivity contribution is 5.88. The molecule has 114 valence electrons. The molecule has 0 aromatic carbocycles. The number of rotatable bonds is 5. The molecule has 0 atom stereocenters. The molecular weight excluding hydrogens is 284 g/mol. The number of imidazole rings is 1. The van der Waals surface area contributed by atoms with Gasteiger partial charge in [0.1, 0.15) is 5.65 Å². The van der Waals surface area contributed by atoms with Crippen LogP contribution >= 0.6 is 0 Å². The maximum absolute atomic E-state index is 11.6. The molecule has 0 aliphatic carbocycles. The minimum absolute atomic E-state index is 0.0600. The largest absolute Gasteiger partial charge is 0.462 e. The summed E-state index contributed by atoms with van der Waals surface area (Å²) in [6, 6.07) is 3.69. The molecule has 3 aromatic heterocycles. The number of aliphatic hydroxyl groups is 1. The lowest BCUT2D eigenvalue weighted by Crippen LogP contribution is -2.04. The van der Waals surface area contributed by atoms with Crippen LogP contribution in [0.4, 0.5) is 0 Å². The average molecular weight is 300 g/mol. The van der Waals surface area contributed by atoms with Gasteiger partial charge in [-0.1, -0.05) is 6.07 Å². The number of hydrogen-bond donors (Lipinski definition) is 1. The van der Waals surface area contributed by atoms with Gasteiger partial charge in [0.25, 0.3) is 0 Å². The number of carbonyl (C=O) groups excluding carboxylic acids is 1. The molecule has 3 aromatic rings. The van der Waals surface area contributed by atoms with Crippen LogP contribution in [0.1, 0.15) is 28.5 Å². The molecule has 0 aliphatic rings. The molecule has 0 aliphatic heterocycles. The summed E-state index contributed by atoms with van der Waals surface area (Å²) in [7, 11) is 0. The van der Waals surface area contributed by atoms with Crippen LogP contribution in [-0.2, 0) is 17.9 Å². The number of esters is 1. The van der Waals surface area contributed by atoms with Gasteiger partial charge in [0.2, 0.25) is 0 Å². The van der Waals surface area contributed by atoms with Crippen LogP contribution in [0.25, 0.3) is 5.65 Å². The van der Waals surface area contributed by atoms with Crippen molar-refractivity contribution in [3.05, 3.63) is 53.7 Å². The van der Waals surface area contributed by atoms with Crippen LogP contribution in [0.5, 0.6) is 0 Å². The first kappa shape index (κ1) is 14.3. The van der Waals surface area contributed by atoms with Crippen LogP contribution in [0.3, 0.4) is 0 Å². The Balaban J connectivity index is 1.83. The number of nitrogens with zero attached hydrogens (tertiary/aromatic N) is 4. The van der Waals surface area contributed by atoms with Gasteiger partial charge in [-0.25, -0.2) is 9.78 Å². The van der Waals surface area contributed by atoms with Gasteiger partial charge in [-0.15, -0.1) is 0 Å². The number of aromatic nitrogens is 4. The van der Waals surface area contributed by atoms with Crippen LogP contribution in [0, 0.1) is 0 Å². The van der Waals surface area contributed by atoms with E-state index in [2.05, 4.69) is 10.1 Å². The standard InChI is InChI=1S/C15H16N4O3/c1-2-22-15(21)12-6-16-19(7-12)9-13-8-18-5-3-4-11(10-20)14(18)17-13/h3-8,20H,2,9-10H2,1H3. The quantitative estimate of drug-likeness (QED) is 0.717. The van der Waals surface area contributed by atoms with Crippen molar-refractivity contribution in [1.82, 2.24) is 19.2 Å². The SMILES string of the molecule is CCOC(=O)c1cnn(Cc2cn3cccc(CO)c3n2)c1. The Morgan fingerprint density at radius 2 is 2.27 bits per heavy atom. The minimum Gasteiger partial charge on any atom is -0.462 e. The van der Waals surface area contributed by atoms with E-state index in [0.29, 0.717) is 18.7 Å². The summed E-state index contributed by atoms with van der Waals surface area (Å²) in [5.41, 5.74) is 2.69. The molecule has 1 N–H and O–H groups in total. The monoisotopic (exact) mass is 300 g/mol. The molecular formula is C15H16N4O3. The van der Waals surface area contributed by atoms with E-state index in [4.69, 9.17) is 4.74 Å². The van der Waals surface area contributed by atoms with Crippen molar-refractivity contribution in [1.29, 1.82) is 0 Å². The molecule has 0 fully saturated rings. The average Bonchev–Trinajstić information content (AvgIpc) is 3.13. The Morgan fingerprint density at radius 1 is 1.41 bits per heavy atom. The first-order valence-corrected chi connectivity index (χ1v) is 6.97. The fourth-order valence-corrected chi connectivity index (χ4v) is 2.26. The summed E-state index contributed by atoms with van der Waals surface area (Å²) < 4.78 is 8.42. The molecule has 0 radical (unpaired) electrons.